The Morgan fingerprint density at radius 2 is 2.00 bits per heavy atom. The minimum absolute atomic E-state index is 0.0641. The third-order valence-corrected chi connectivity index (χ3v) is 6.15. The molecular weight excluding hydrogens is 460 g/mol. The number of hydrogen-bond donors (Lipinski definition) is 2. The molecule has 10 nitrogen and oxygen atoms in total. The molecule has 3 heterocycles. The zero-order valence-electron chi connectivity index (χ0n) is 16.5. The fraction of sp³-hybridized carbons (Fsp3) is 0.100. The van der Waals surface area contributed by atoms with E-state index in [1.54, 1.807) is 12.1 Å². The molecule has 0 aliphatic carbocycles. The summed E-state index contributed by atoms with van der Waals surface area (Å²) in [4.78, 5) is 30.3. The molecule has 1 unspecified atom stereocenters. The zero-order chi connectivity index (χ0) is 23.3. The Balaban J connectivity index is 2.12. The van der Waals surface area contributed by atoms with Crippen molar-refractivity contribution < 1.29 is 27.9 Å². The number of carboxylic acid groups (broad SMARTS) is 1. The van der Waals surface area contributed by atoms with Crippen molar-refractivity contribution in [2.45, 2.75) is 11.1 Å². The number of esters is 1. The molecule has 0 aliphatic heterocycles. The Labute approximate surface area is 188 Å². The number of rotatable bonds is 8. The summed E-state index contributed by atoms with van der Waals surface area (Å²) >= 11 is 6.21. The van der Waals surface area contributed by atoms with Crippen LogP contribution in [0.5, 0.6) is 0 Å². The highest BCUT2D eigenvalue weighted by atomic mass is 35.5. The molecule has 32 heavy (non-hydrogen) atoms. The summed E-state index contributed by atoms with van der Waals surface area (Å²) in [5.41, 5.74) is 0.783. The third kappa shape index (κ3) is 5.02. The van der Waals surface area contributed by atoms with Gasteiger partial charge in [-0.2, -0.15) is 0 Å². The molecular formula is C20H17ClN4O6S. The molecule has 0 fully saturated rings. The Kier molecular flexibility index (Phi) is 7.03. The standard InChI is InChI=1S/C20H17ClN4O6S/c1-22-20(31-18(28)7-6-17(26)27)13-10-16(15-5-3-9-24-19(15)21)25(12-13)32(29,30)14-4-2-8-23-11-14/h2-12,20,22H,1H3,(H,26,27)/b7-6+. The van der Waals surface area contributed by atoms with Crippen LogP contribution >= 0.6 is 11.6 Å². The number of ether oxygens (including phenoxy) is 1. The second-order valence-electron chi connectivity index (χ2n) is 6.27. The maximum atomic E-state index is 13.3. The van der Waals surface area contributed by atoms with E-state index in [0.29, 0.717) is 11.6 Å². The summed E-state index contributed by atoms with van der Waals surface area (Å²) in [6.45, 7) is 0. The lowest BCUT2D eigenvalue weighted by atomic mass is 10.2. The van der Waals surface area contributed by atoms with E-state index in [9.17, 15) is 18.0 Å². The summed E-state index contributed by atoms with van der Waals surface area (Å²) in [6.07, 6.45) is 5.68. The molecule has 3 aromatic rings. The first-order valence-corrected chi connectivity index (χ1v) is 10.8. The molecule has 0 spiro atoms. The van der Waals surface area contributed by atoms with Gasteiger partial charge in [-0.1, -0.05) is 11.6 Å². The molecule has 166 valence electrons. The largest absolute Gasteiger partial charge is 0.478 e. The van der Waals surface area contributed by atoms with Crippen molar-refractivity contribution in [1.82, 2.24) is 19.3 Å². The smallest absolute Gasteiger partial charge is 0.332 e. The normalized spacial score (nSPS) is 12.6. The molecule has 1 atom stereocenters. The molecule has 3 rings (SSSR count). The van der Waals surface area contributed by atoms with Gasteiger partial charge in [0, 0.05) is 48.1 Å². The van der Waals surface area contributed by atoms with Crippen LogP contribution in [0.25, 0.3) is 11.3 Å². The number of carbonyl (C=O) groups is 2. The second-order valence-corrected chi connectivity index (χ2v) is 8.44. The van der Waals surface area contributed by atoms with Crippen molar-refractivity contribution in [2.24, 2.45) is 0 Å². The highest BCUT2D eigenvalue weighted by Crippen LogP contribution is 2.32. The highest BCUT2D eigenvalue weighted by molar-refractivity contribution is 7.90. The van der Waals surface area contributed by atoms with Crippen molar-refractivity contribution in [3.8, 4) is 11.3 Å². The number of aliphatic carboxylic acids is 1. The average molecular weight is 477 g/mol. The molecule has 2 N–H and O–H groups in total. The molecule has 0 aromatic carbocycles. The van der Waals surface area contributed by atoms with Crippen LogP contribution in [0.1, 0.15) is 11.8 Å². The minimum atomic E-state index is -4.10. The first-order valence-electron chi connectivity index (χ1n) is 9.01. The van der Waals surface area contributed by atoms with Crippen molar-refractivity contribution in [2.75, 3.05) is 7.05 Å². The molecule has 0 radical (unpaired) electrons. The fourth-order valence-corrected chi connectivity index (χ4v) is 4.34. The summed E-state index contributed by atoms with van der Waals surface area (Å²) in [7, 11) is -2.61. The Morgan fingerprint density at radius 3 is 2.62 bits per heavy atom. The summed E-state index contributed by atoms with van der Waals surface area (Å²) in [5, 5.41) is 11.5. The molecule has 3 aromatic heterocycles. The van der Waals surface area contributed by atoms with Crippen LogP contribution in [-0.2, 0) is 24.3 Å². The van der Waals surface area contributed by atoms with Gasteiger partial charge in [0.15, 0.2) is 6.23 Å². The van der Waals surface area contributed by atoms with Gasteiger partial charge in [0.2, 0.25) is 0 Å². The van der Waals surface area contributed by atoms with Crippen LogP contribution in [0.15, 0.2) is 72.2 Å². The average Bonchev–Trinajstić information content (AvgIpc) is 3.23. The minimum Gasteiger partial charge on any atom is -0.478 e. The van der Waals surface area contributed by atoms with Crippen molar-refractivity contribution in [3.05, 3.63) is 78.0 Å². The summed E-state index contributed by atoms with van der Waals surface area (Å²) in [6, 6.07) is 7.55. The van der Waals surface area contributed by atoms with E-state index in [1.807, 2.05) is 0 Å². The predicted molar refractivity (Wildman–Crippen MR) is 114 cm³/mol. The maximum Gasteiger partial charge on any atom is 0.332 e. The molecule has 0 bridgehead atoms. The molecule has 0 saturated heterocycles. The summed E-state index contributed by atoms with van der Waals surface area (Å²) < 4.78 is 32.8. The molecule has 12 heteroatoms. The number of nitrogens with one attached hydrogen (secondary N) is 1. The number of aromatic nitrogens is 3. The van der Waals surface area contributed by atoms with E-state index < -0.39 is 28.2 Å². The summed E-state index contributed by atoms with van der Waals surface area (Å²) in [5.74, 6) is -2.25. The van der Waals surface area contributed by atoms with Gasteiger partial charge in [-0.15, -0.1) is 0 Å². The van der Waals surface area contributed by atoms with Crippen LogP contribution in [0.3, 0.4) is 0 Å². The Bertz CT molecular complexity index is 1270. The van der Waals surface area contributed by atoms with Gasteiger partial charge in [0.05, 0.1) is 5.69 Å². The number of hydrogen-bond acceptors (Lipinski definition) is 8. The van der Waals surface area contributed by atoms with Crippen LogP contribution in [0, 0.1) is 0 Å². The van der Waals surface area contributed by atoms with Gasteiger partial charge >= 0.3 is 11.9 Å². The van der Waals surface area contributed by atoms with Crippen LogP contribution in [0.4, 0.5) is 0 Å². The number of nitrogens with zero attached hydrogens (tertiary/aromatic N) is 3. The number of carbonyl (C=O) groups excluding carboxylic acids is 1. The van der Waals surface area contributed by atoms with Gasteiger partial charge < -0.3 is 9.84 Å². The topological polar surface area (TPSA) is 140 Å². The van der Waals surface area contributed by atoms with Gasteiger partial charge in [-0.05, 0) is 37.4 Å². The van der Waals surface area contributed by atoms with Crippen LogP contribution in [-0.4, -0.2) is 46.5 Å². The van der Waals surface area contributed by atoms with E-state index in [0.717, 1.165) is 10.0 Å². The van der Waals surface area contributed by atoms with Gasteiger partial charge in [0.25, 0.3) is 10.0 Å². The highest BCUT2D eigenvalue weighted by Gasteiger charge is 2.26. The van der Waals surface area contributed by atoms with E-state index in [-0.39, 0.29) is 21.3 Å². The Morgan fingerprint density at radius 1 is 1.25 bits per heavy atom. The Hall–Kier alpha value is -3.54. The molecule has 0 amide bonds. The van der Waals surface area contributed by atoms with Gasteiger partial charge in [-0.3, -0.25) is 10.3 Å². The van der Waals surface area contributed by atoms with E-state index in [4.69, 9.17) is 21.4 Å². The number of carboxylic acids is 1. The third-order valence-electron chi connectivity index (χ3n) is 4.19. The lowest BCUT2D eigenvalue weighted by molar-refractivity contribution is -0.145. The zero-order valence-corrected chi connectivity index (χ0v) is 18.1. The monoisotopic (exact) mass is 476 g/mol. The molecule has 0 saturated carbocycles. The SMILES string of the molecule is CNC(OC(=O)/C=C/C(=O)O)c1cc(-c2cccnc2Cl)n(S(=O)(=O)c2cccnc2)c1. The van der Waals surface area contributed by atoms with Crippen molar-refractivity contribution in [3.63, 3.8) is 0 Å². The first kappa shape index (κ1) is 23.1. The van der Waals surface area contributed by atoms with Crippen LogP contribution in [0.2, 0.25) is 5.15 Å². The van der Waals surface area contributed by atoms with E-state index in [1.165, 1.54) is 50.0 Å². The van der Waals surface area contributed by atoms with E-state index >= 15 is 0 Å². The van der Waals surface area contributed by atoms with Crippen molar-refractivity contribution in [1.29, 1.82) is 0 Å². The van der Waals surface area contributed by atoms with Crippen molar-refractivity contribution >= 4 is 33.6 Å². The van der Waals surface area contributed by atoms with Crippen LogP contribution < -0.4 is 5.32 Å². The number of pyridine rings is 2. The lowest BCUT2D eigenvalue weighted by Crippen LogP contribution is -2.22. The van der Waals surface area contributed by atoms with Gasteiger partial charge in [0.1, 0.15) is 10.0 Å². The second kappa shape index (κ2) is 9.73. The lowest BCUT2D eigenvalue weighted by Gasteiger charge is -2.14. The predicted octanol–water partition coefficient (Wildman–Crippen LogP) is 2.24. The quantitative estimate of drug-likeness (QED) is 0.216. The first-order chi connectivity index (χ1) is 15.2. The molecule has 0 aliphatic rings. The maximum absolute atomic E-state index is 13.3. The number of halogens is 1. The fourth-order valence-electron chi connectivity index (χ4n) is 2.78. The van der Waals surface area contributed by atoms with Gasteiger partial charge in [-0.25, -0.2) is 27.0 Å². The van der Waals surface area contributed by atoms with E-state index in [2.05, 4.69) is 15.3 Å².